The highest BCUT2D eigenvalue weighted by Crippen LogP contribution is 2.24. The van der Waals surface area contributed by atoms with E-state index < -0.39 is 24.4 Å². The van der Waals surface area contributed by atoms with Crippen LogP contribution in [0.25, 0.3) is 0 Å². The van der Waals surface area contributed by atoms with E-state index >= 15 is 0 Å². The largest absolute Gasteiger partial charge is 0.457 e. The molecule has 0 spiro atoms. The van der Waals surface area contributed by atoms with Gasteiger partial charge in [-0.1, -0.05) is 34.1 Å². The first kappa shape index (κ1) is 26.4. The summed E-state index contributed by atoms with van der Waals surface area (Å²) in [6, 6.07) is 22.7. The van der Waals surface area contributed by atoms with Crippen LogP contribution in [0.4, 0.5) is 5.69 Å². The summed E-state index contributed by atoms with van der Waals surface area (Å²) in [6.45, 7) is -0.547. The van der Waals surface area contributed by atoms with Crippen LogP contribution in [-0.4, -0.2) is 30.3 Å². The van der Waals surface area contributed by atoms with Crippen molar-refractivity contribution in [2.45, 2.75) is 19.3 Å². The van der Waals surface area contributed by atoms with Crippen LogP contribution >= 0.6 is 15.9 Å². The lowest BCUT2D eigenvalue weighted by atomic mass is 10.2. The topological polar surface area (TPSA) is 123 Å². The molecule has 0 aliphatic heterocycles. The SMILES string of the molecule is O=C(COC(=O)CCCC(=O)Nc1ccc(Oc2ccc(Br)cc2)cc1)NNC(=O)c1ccccc1. The maximum absolute atomic E-state index is 12.1. The number of ether oxygens (including phenoxy) is 2. The Bertz CT molecular complexity index is 1180. The summed E-state index contributed by atoms with van der Waals surface area (Å²) in [5.74, 6) is -0.739. The molecule has 0 unspecified atom stereocenters. The zero-order valence-corrected chi connectivity index (χ0v) is 20.7. The number of hydrogen-bond acceptors (Lipinski definition) is 6. The van der Waals surface area contributed by atoms with E-state index in [1.54, 1.807) is 54.6 Å². The van der Waals surface area contributed by atoms with Crippen molar-refractivity contribution in [3.63, 3.8) is 0 Å². The summed E-state index contributed by atoms with van der Waals surface area (Å²) >= 11 is 3.37. The summed E-state index contributed by atoms with van der Waals surface area (Å²) in [5, 5.41) is 2.75. The van der Waals surface area contributed by atoms with Crippen molar-refractivity contribution in [3.05, 3.63) is 88.9 Å². The fraction of sp³-hybridized carbons (Fsp3) is 0.154. The minimum Gasteiger partial charge on any atom is -0.457 e. The van der Waals surface area contributed by atoms with E-state index in [0.717, 1.165) is 4.47 Å². The van der Waals surface area contributed by atoms with Gasteiger partial charge in [0.15, 0.2) is 6.61 Å². The Hall–Kier alpha value is -4.18. The standard InChI is InChI=1S/C26H24BrN3O6/c27-19-9-13-21(14-10-19)36-22-15-11-20(12-16-22)28-23(31)7-4-8-25(33)35-17-24(32)29-30-26(34)18-5-2-1-3-6-18/h1-3,5-6,9-16H,4,7-8,17H2,(H,28,31)(H,29,32)(H,30,34). The number of halogens is 1. The maximum Gasteiger partial charge on any atom is 0.306 e. The fourth-order valence-electron chi connectivity index (χ4n) is 2.90. The highest BCUT2D eigenvalue weighted by molar-refractivity contribution is 9.10. The number of hydrogen-bond donors (Lipinski definition) is 3. The van der Waals surface area contributed by atoms with Crippen molar-refractivity contribution in [2.24, 2.45) is 0 Å². The summed E-state index contributed by atoms with van der Waals surface area (Å²) < 4.78 is 11.6. The van der Waals surface area contributed by atoms with Crippen LogP contribution in [0.1, 0.15) is 29.6 Å². The van der Waals surface area contributed by atoms with Crippen LogP contribution in [0.2, 0.25) is 0 Å². The Labute approximate surface area is 216 Å². The predicted octanol–water partition coefficient (Wildman–Crippen LogP) is 4.35. The fourth-order valence-corrected chi connectivity index (χ4v) is 3.17. The number of carbonyl (C=O) groups excluding carboxylic acids is 4. The molecule has 0 saturated heterocycles. The van der Waals surface area contributed by atoms with Crippen molar-refractivity contribution in [1.82, 2.24) is 10.9 Å². The molecular formula is C26H24BrN3O6. The van der Waals surface area contributed by atoms with Crippen molar-refractivity contribution >= 4 is 45.3 Å². The molecule has 0 heterocycles. The zero-order chi connectivity index (χ0) is 25.8. The molecule has 0 aromatic heterocycles. The first-order chi connectivity index (χ1) is 17.4. The number of nitrogens with one attached hydrogen (secondary N) is 3. The van der Waals surface area contributed by atoms with Gasteiger partial charge >= 0.3 is 5.97 Å². The van der Waals surface area contributed by atoms with E-state index in [1.165, 1.54) is 0 Å². The van der Waals surface area contributed by atoms with Crippen molar-refractivity contribution in [3.8, 4) is 11.5 Å². The number of rotatable bonds is 10. The van der Waals surface area contributed by atoms with Gasteiger partial charge in [0.05, 0.1) is 0 Å². The van der Waals surface area contributed by atoms with E-state index in [1.807, 2.05) is 24.3 Å². The van der Waals surface area contributed by atoms with E-state index in [9.17, 15) is 19.2 Å². The predicted molar refractivity (Wildman–Crippen MR) is 136 cm³/mol. The van der Waals surface area contributed by atoms with Crippen LogP contribution < -0.4 is 20.9 Å². The lowest BCUT2D eigenvalue weighted by Crippen LogP contribution is -2.43. The third kappa shape index (κ3) is 9.22. The van der Waals surface area contributed by atoms with Gasteiger partial charge in [-0.25, -0.2) is 0 Å². The molecule has 0 bridgehead atoms. The van der Waals surface area contributed by atoms with Crippen LogP contribution in [0.15, 0.2) is 83.3 Å². The summed E-state index contributed by atoms with van der Waals surface area (Å²) in [5.41, 5.74) is 5.37. The number of benzene rings is 3. The van der Waals surface area contributed by atoms with Gasteiger partial charge in [-0.2, -0.15) is 0 Å². The smallest absolute Gasteiger partial charge is 0.306 e. The maximum atomic E-state index is 12.1. The quantitative estimate of drug-likeness (QED) is 0.253. The first-order valence-electron chi connectivity index (χ1n) is 11.0. The molecule has 9 nitrogen and oxygen atoms in total. The van der Waals surface area contributed by atoms with Crippen molar-refractivity contribution < 1.29 is 28.7 Å². The molecule has 0 aliphatic carbocycles. The number of anilines is 1. The van der Waals surface area contributed by atoms with Crippen LogP contribution in [0.5, 0.6) is 11.5 Å². The summed E-state index contributed by atoms with van der Waals surface area (Å²) in [6.07, 6.45) is 0.324. The molecule has 10 heteroatoms. The van der Waals surface area contributed by atoms with Gasteiger partial charge in [0.25, 0.3) is 11.8 Å². The third-order valence-electron chi connectivity index (χ3n) is 4.69. The highest BCUT2D eigenvalue weighted by atomic mass is 79.9. The van der Waals surface area contributed by atoms with E-state index in [0.29, 0.717) is 22.7 Å². The van der Waals surface area contributed by atoms with Gasteiger partial charge in [0.2, 0.25) is 5.91 Å². The molecule has 0 radical (unpaired) electrons. The Morgan fingerprint density at radius 3 is 2.03 bits per heavy atom. The molecule has 3 rings (SSSR count). The molecule has 3 aromatic carbocycles. The number of esters is 1. The Balaban J connectivity index is 1.29. The monoisotopic (exact) mass is 553 g/mol. The molecule has 0 fully saturated rings. The lowest BCUT2D eigenvalue weighted by Gasteiger charge is -2.09. The Kier molecular flexibility index (Phi) is 10.0. The zero-order valence-electron chi connectivity index (χ0n) is 19.2. The Morgan fingerprint density at radius 1 is 0.722 bits per heavy atom. The normalized spacial score (nSPS) is 10.1. The minimum absolute atomic E-state index is 0.0307. The lowest BCUT2D eigenvalue weighted by molar-refractivity contribution is -0.148. The molecule has 3 amide bonds. The van der Waals surface area contributed by atoms with Gasteiger partial charge in [0, 0.05) is 28.6 Å². The van der Waals surface area contributed by atoms with Crippen molar-refractivity contribution in [1.29, 1.82) is 0 Å². The molecule has 186 valence electrons. The summed E-state index contributed by atoms with van der Waals surface area (Å²) in [7, 11) is 0. The second-order valence-corrected chi connectivity index (χ2v) is 8.43. The van der Waals surface area contributed by atoms with E-state index in [4.69, 9.17) is 9.47 Å². The first-order valence-corrected chi connectivity index (χ1v) is 11.8. The molecule has 36 heavy (non-hydrogen) atoms. The molecule has 3 N–H and O–H groups in total. The number of amides is 3. The second-order valence-electron chi connectivity index (χ2n) is 7.51. The summed E-state index contributed by atoms with van der Waals surface area (Å²) in [4.78, 5) is 47.5. The average molecular weight is 554 g/mol. The van der Waals surface area contributed by atoms with Gasteiger partial charge < -0.3 is 14.8 Å². The highest BCUT2D eigenvalue weighted by Gasteiger charge is 2.11. The van der Waals surface area contributed by atoms with Gasteiger partial charge in [0.1, 0.15) is 11.5 Å². The van der Waals surface area contributed by atoms with Crippen LogP contribution in [0, 0.1) is 0 Å². The molecule has 3 aromatic rings. The average Bonchev–Trinajstić information content (AvgIpc) is 2.89. The van der Waals surface area contributed by atoms with Crippen molar-refractivity contribution in [2.75, 3.05) is 11.9 Å². The molecule has 0 aliphatic rings. The van der Waals surface area contributed by atoms with Crippen LogP contribution in [-0.2, 0) is 19.1 Å². The Morgan fingerprint density at radius 2 is 1.36 bits per heavy atom. The second kappa shape index (κ2) is 13.6. The molecular weight excluding hydrogens is 530 g/mol. The number of carbonyl (C=O) groups is 4. The third-order valence-corrected chi connectivity index (χ3v) is 5.22. The van der Waals surface area contributed by atoms with Gasteiger partial charge in [-0.3, -0.25) is 30.0 Å². The minimum atomic E-state index is -0.682. The molecule has 0 atom stereocenters. The molecule has 0 saturated carbocycles. The van der Waals surface area contributed by atoms with Gasteiger partial charge in [-0.15, -0.1) is 0 Å². The van der Waals surface area contributed by atoms with E-state index in [2.05, 4.69) is 32.1 Å². The van der Waals surface area contributed by atoms with E-state index in [-0.39, 0.29) is 25.2 Å². The number of hydrazine groups is 1. The van der Waals surface area contributed by atoms with Gasteiger partial charge in [-0.05, 0) is 67.1 Å². The van der Waals surface area contributed by atoms with Crippen LogP contribution in [0.3, 0.4) is 0 Å².